The topological polar surface area (TPSA) is 178 Å². The van der Waals surface area contributed by atoms with Gasteiger partial charge in [-0.25, -0.2) is 4.18 Å². The van der Waals surface area contributed by atoms with Crippen molar-refractivity contribution < 1.29 is 56.2 Å². The Kier molecular flexibility index (Phi) is 46.4. The van der Waals surface area contributed by atoms with E-state index in [0.29, 0.717) is 13.0 Å². The Morgan fingerprint density at radius 1 is 0.542 bits per heavy atom. The van der Waals surface area contributed by atoms with Gasteiger partial charge in [-0.1, -0.05) is 215 Å². The number of carbonyl (C=O) groups excluding carboxylic acids is 1. The summed E-state index contributed by atoms with van der Waals surface area (Å²) in [4.78, 5) is 13.0. The van der Waals surface area contributed by atoms with Crippen molar-refractivity contribution in [2.45, 2.75) is 269 Å². The van der Waals surface area contributed by atoms with Crippen LogP contribution in [0.15, 0.2) is 72.9 Å². The van der Waals surface area contributed by atoms with Crippen molar-refractivity contribution in [1.29, 1.82) is 0 Å². The smallest absolute Gasteiger partial charge is 0.397 e. The number of allylic oxidation sites excluding steroid dienone is 12. The summed E-state index contributed by atoms with van der Waals surface area (Å²) in [5.74, 6) is -0.404. The fourth-order valence-corrected chi connectivity index (χ4v) is 9.03. The molecule has 0 aliphatic carbocycles. The first kappa shape index (κ1) is 67.6. The van der Waals surface area contributed by atoms with Gasteiger partial charge in [-0.05, 0) is 83.5 Å². The lowest BCUT2D eigenvalue weighted by Gasteiger charge is -2.41. The quantitative estimate of drug-likeness (QED) is 0.0196. The molecule has 0 saturated carbocycles. The molecule has 1 rings (SSSR count). The predicted octanol–water partition coefficient (Wildman–Crippen LogP) is 14.2. The number of carbonyl (C=O) groups is 1. The molecule has 1 aliphatic rings. The van der Waals surface area contributed by atoms with Gasteiger partial charge in [0.1, 0.15) is 30.5 Å². The van der Waals surface area contributed by atoms with Crippen molar-refractivity contribution in [3.05, 3.63) is 72.9 Å². The van der Waals surface area contributed by atoms with Crippen LogP contribution in [0.5, 0.6) is 0 Å². The van der Waals surface area contributed by atoms with E-state index < -0.39 is 59.8 Å². The fraction of sp³-hybridized carbons (Fsp3) is 0.780. The third-order valence-electron chi connectivity index (χ3n) is 12.8. The molecule has 0 aromatic carbocycles. The van der Waals surface area contributed by atoms with E-state index in [-0.39, 0.29) is 19.6 Å². The first-order valence-corrected chi connectivity index (χ1v) is 30.1. The van der Waals surface area contributed by atoms with E-state index in [1.54, 1.807) is 0 Å². The molecule has 4 N–H and O–H groups in total. The Hall–Kier alpha value is -2.46. The van der Waals surface area contributed by atoms with Gasteiger partial charge in [0.2, 0.25) is 0 Å². The van der Waals surface area contributed by atoms with Crippen LogP contribution in [0.3, 0.4) is 0 Å². The molecule has 1 heterocycles. The van der Waals surface area contributed by atoms with Gasteiger partial charge < -0.3 is 34.3 Å². The van der Waals surface area contributed by atoms with Crippen LogP contribution >= 0.6 is 0 Å². The highest BCUT2D eigenvalue weighted by Crippen LogP contribution is 2.26. The van der Waals surface area contributed by atoms with E-state index in [1.165, 1.54) is 122 Å². The van der Waals surface area contributed by atoms with Crippen LogP contribution in [-0.2, 0) is 38.3 Å². The van der Waals surface area contributed by atoms with Crippen LogP contribution in [-0.4, -0.2) is 97.5 Å². The number of hydrogen-bond acceptors (Lipinski definition) is 11. The Labute approximate surface area is 439 Å². The highest BCUT2D eigenvalue weighted by molar-refractivity contribution is 7.80. The number of unbranched alkanes of at least 4 members (excludes halogenated alkanes) is 25. The molecule has 418 valence electrons. The molecule has 0 bridgehead atoms. The summed E-state index contributed by atoms with van der Waals surface area (Å²) in [6, 6.07) is 0. The highest BCUT2D eigenvalue weighted by Gasteiger charge is 2.48. The Morgan fingerprint density at radius 3 is 1.40 bits per heavy atom. The summed E-state index contributed by atoms with van der Waals surface area (Å²) in [7, 11) is -5.07. The normalized spacial score (nSPS) is 19.4. The fourth-order valence-electron chi connectivity index (χ4n) is 8.52. The third-order valence-corrected chi connectivity index (χ3v) is 13.3. The van der Waals surface area contributed by atoms with E-state index in [0.717, 1.165) is 83.5 Å². The van der Waals surface area contributed by atoms with Gasteiger partial charge >= 0.3 is 16.4 Å². The first-order chi connectivity index (χ1) is 35.1. The van der Waals surface area contributed by atoms with Crippen molar-refractivity contribution in [2.75, 3.05) is 26.4 Å². The molecule has 13 heteroatoms. The maximum absolute atomic E-state index is 13.0. The van der Waals surface area contributed by atoms with Crippen LogP contribution in [0.4, 0.5) is 0 Å². The Bertz CT molecular complexity index is 1520. The molecule has 6 unspecified atom stereocenters. The summed E-state index contributed by atoms with van der Waals surface area (Å²) in [5, 5.41) is 30.8. The van der Waals surface area contributed by atoms with E-state index >= 15 is 0 Å². The first-order valence-electron chi connectivity index (χ1n) is 28.7. The van der Waals surface area contributed by atoms with Crippen LogP contribution in [0.25, 0.3) is 0 Å². The zero-order valence-corrected chi connectivity index (χ0v) is 46.0. The molecule has 1 saturated heterocycles. The van der Waals surface area contributed by atoms with Crippen LogP contribution in [0, 0.1) is 0 Å². The van der Waals surface area contributed by atoms with Crippen molar-refractivity contribution in [3.63, 3.8) is 0 Å². The average molecular weight is 1040 g/mol. The van der Waals surface area contributed by atoms with E-state index in [9.17, 15) is 33.1 Å². The zero-order valence-electron chi connectivity index (χ0n) is 45.2. The minimum absolute atomic E-state index is 0.0259. The average Bonchev–Trinajstić information content (AvgIpc) is 3.36. The Balaban J connectivity index is 2.31. The largest absolute Gasteiger partial charge is 0.457 e. The van der Waals surface area contributed by atoms with Gasteiger partial charge in [0, 0.05) is 13.0 Å². The van der Waals surface area contributed by atoms with Crippen molar-refractivity contribution in [2.24, 2.45) is 0 Å². The molecular formula is C59H104O12S. The summed E-state index contributed by atoms with van der Waals surface area (Å²) in [5.41, 5.74) is 0. The van der Waals surface area contributed by atoms with Crippen LogP contribution in [0.2, 0.25) is 0 Å². The second-order valence-electron chi connectivity index (χ2n) is 19.5. The molecule has 72 heavy (non-hydrogen) atoms. The van der Waals surface area contributed by atoms with Crippen LogP contribution < -0.4 is 0 Å². The van der Waals surface area contributed by atoms with Gasteiger partial charge in [-0.15, -0.1) is 0 Å². The number of esters is 1. The molecule has 0 radical (unpaired) electrons. The molecule has 1 fully saturated rings. The van der Waals surface area contributed by atoms with Crippen molar-refractivity contribution >= 4 is 16.4 Å². The molecule has 6 atom stereocenters. The summed E-state index contributed by atoms with van der Waals surface area (Å²) in [6.45, 7) is 3.87. The monoisotopic (exact) mass is 1040 g/mol. The van der Waals surface area contributed by atoms with Crippen molar-refractivity contribution in [3.8, 4) is 0 Å². The summed E-state index contributed by atoms with van der Waals surface area (Å²) >= 11 is 0. The minimum Gasteiger partial charge on any atom is -0.457 e. The maximum atomic E-state index is 13.0. The molecule has 1 aliphatic heterocycles. The molecule has 12 nitrogen and oxygen atoms in total. The number of aliphatic hydroxyl groups is 3. The van der Waals surface area contributed by atoms with Gasteiger partial charge in [-0.3, -0.25) is 9.35 Å². The van der Waals surface area contributed by atoms with Gasteiger partial charge in [0.15, 0.2) is 6.29 Å². The van der Waals surface area contributed by atoms with Gasteiger partial charge in [-0.2, -0.15) is 8.42 Å². The molecule has 0 aromatic rings. The van der Waals surface area contributed by atoms with E-state index in [1.807, 2.05) is 0 Å². The third kappa shape index (κ3) is 41.8. The number of ether oxygens (including phenoxy) is 4. The summed E-state index contributed by atoms with van der Waals surface area (Å²) in [6.07, 6.45) is 56.5. The number of aliphatic hydroxyl groups excluding tert-OH is 3. The van der Waals surface area contributed by atoms with E-state index in [4.69, 9.17) is 18.9 Å². The number of rotatable bonds is 50. The molecule has 0 amide bonds. The molecular weight excluding hydrogens is 933 g/mol. The predicted molar refractivity (Wildman–Crippen MR) is 294 cm³/mol. The lowest BCUT2D eigenvalue weighted by Crippen LogP contribution is -2.60. The van der Waals surface area contributed by atoms with Crippen molar-refractivity contribution in [1.82, 2.24) is 0 Å². The number of hydrogen-bond donors (Lipinski definition) is 4. The Morgan fingerprint density at radius 2 is 0.958 bits per heavy atom. The maximum Gasteiger partial charge on any atom is 0.397 e. The SMILES string of the molecule is CC/C=C\C/C=C\C/C=C\C/C=C\CCCCCCCCCOCC(COC1OC(CO)C(O)C(OS(=O)(=O)O)C1O)OC(=O)CCCCCCCCCCCCCCC/C=C\C/C=C\CCCCCCC. The van der Waals surface area contributed by atoms with Gasteiger partial charge in [0.05, 0.1) is 19.8 Å². The van der Waals surface area contributed by atoms with Gasteiger partial charge in [0.25, 0.3) is 0 Å². The standard InChI is InChI=1S/C59H104O12S/c1-3-5-7-9-11-13-15-17-19-21-23-25-26-27-28-29-30-32-34-36-38-40-42-44-46-48-55(61)69-53(52-68-59-57(63)58(71-72(64,65)66)56(62)54(50-60)70-59)51-67-49-47-45-43-41-39-37-35-33-31-24-22-20-18-16-14-12-10-8-6-4-2/h6,8,12,14-15,17-18,20-21,23-24,31,53-54,56-60,62-63H,3-5,7,9-11,13,16,19,22,25-30,32-52H2,1-2H3,(H,64,65,66)/b8-6-,14-12-,17-15-,20-18-,23-21-,31-24-. The second kappa shape index (κ2) is 49.4. The lowest BCUT2D eigenvalue weighted by atomic mass is 9.99. The van der Waals surface area contributed by atoms with E-state index in [2.05, 4.69) is 90.9 Å². The molecule has 0 spiro atoms. The molecule has 0 aromatic heterocycles. The van der Waals surface area contributed by atoms with Crippen LogP contribution in [0.1, 0.15) is 232 Å². The highest BCUT2D eigenvalue weighted by atomic mass is 32.3. The second-order valence-corrected chi connectivity index (χ2v) is 20.5. The lowest BCUT2D eigenvalue weighted by molar-refractivity contribution is -0.301. The zero-order chi connectivity index (χ0) is 52.4. The minimum atomic E-state index is -5.07. The summed E-state index contributed by atoms with van der Waals surface area (Å²) < 4.78 is 59.4.